The lowest BCUT2D eigenvalue weighted by Crippen LogP contribution is -2.47. The molecule has 1 aliphatic rings. The summed E-state index contributed by atoms with van der Waals surface area (Å²) in [7, 11) is 1.78. The Morgan fingerprint density at radius 1 is 1.03 bits per heavy atom. The maximum Gasteiger partial charge on any atom is 0.416 e. The van der Waals surface area contributed by atoms with Gasteiger partial charge in [-0.3, -0.25) is 9.69 Å². The van der Waals surface area contributed by atoms with Crippen LogP contribution >= 0.6 is 23.7 Å². The third kappa shape index (κ3) is 4.82. The molecular formula is C21H23ClF3N3OS. The lowest BCUT2D eigenvalue weighted by atomic mass is 10.1. The molecule has 2 aromatic carbocycles. The second-order valence-corrected chi connectivity index (χ2v) is 8.35. The van der Waals surface area contributed by atoms with Crippen LogP contribution in [-0.4, -0.2) is 42.2 Å². The molecule has 0 unspecified atom stereocenters. The number of thiazole rings is 1. The Hall–Kier alpha value is -2.03. The van der Waals surface area contributed by atoms with Gasteiger partial charge < -0.3 is 9.47 Å². The highest BCUT2D eigenvalue weighted by atomic mass is 35.5. The highest BCUT2D eigenvalue weighted by Crippen LogP contribution is 2.31. The van der Waals surface area contributed by atoms with Crippen LogP contribution < -0.4 is 9.77 Å². The fourth-order valence-electron chi connectivity index (χ4n) is 3.73. The first-order chi connectivity index (χ1) is 13.8. The molecule has 30 heavy (non-hydrogen) atoms. The summed E-state index contributed by atoms with van der Waals surface area (Å²) >= 11 is 1.26. The van der Waals surface area contributed by atoms with E-state index in [1.54, 1.807) is 17.7 Å². The van der Waals surface area contributed by atoms with Crippen LogP contribution in [0.4, 0.5) is 18.9 Å². The number of nitrogens with zero attached hydrogens (tertiary/aromatic N) is 3. The van der Waals surface area contributed by atoms with Crippen LogP contribution in [0.2, 0.25) is 0 Å². The zero-order chi connectivity index (χ0) is 20.6. The first-order valence-electron chi connectivity index (χ1n) is 9.54. The van der Waals surface area contributed by atoms with Crippen molar-refractivity contribution in [2.24, 2.45) is 7.05 Å². The minimum atomic E-state index is -4.31. The Balaban J connectivity index is 0.00000256. The van der Waals surface area contributed by atoms with Gasteiger partial charge in [0, 0.05) is 45.5 Å². The number of benzene rings is 2. The van der Waals surface area contributed by atoms with Gasteiger partial charge in [0.1, 0.15) is 0 Å². The number of aromatic nitrogens is 1. The van der Waals surface area contributed by atoms with Gasteiger partial charge in [0.15, 0.2) is 0 Å². The minimum Gasteiger partial charge on any atom is -0.369 e. The van der Waals surface area contributed by atoms with E-state index in [9.17, 15) is 18.0 Å². The van der Waals surface area contributed by atoms with Gasteiger partial charge >= 0.3 is 11.0 Å². The summed E-state index contributed by atoms with van der Waals surface area (Å²) in [5, 5.41) is 0. The van der Waals surface area contributed by atoms with Gasteiger partial charge in [-0.2, -0.15) is 13.2 Å². The number of piperazine rings is 1. The van der Waals surface area contributed by atoms with Crippen molar-refractivity contribution in [2.45, 2.75) is 12.6 Å². The summed E-state index contributed by atoms with van der Waals surface area (Å²) in [6.07, 6.45) is -3.43. The molecule has 0 saturated carbocycles. The first-order valence-corrected chi connectivity index (χ1v) is 10.4. The molecule has 162 valence electrons. The first kappa shape index (κ1) is 22.7. The molecule has 0 amide bonds. The van der Waals surface area contributed by atoms with Crippen LogP contribution in [0.5, 0.6) is 0 Å². The van der Waals surface area contributed by atoms with E-state index in [2.05, 4.69) is 17.0 Å². The number of hydrogen-bond acceptors (Lipinski definition) is 4. The molecule has 0 aliphatic carbocycles. The third-order valence-corrected chi connectivity index (χ3v) is 6.48. The second-order valence-electron chi connectivity index (χ2n) is 7.36. The molecule has 1 aromatic heterocycles. The highest BCUT2D eigenvalue weighted by Gasteiger charge is 2.31. The largest absolute Gasteiger partial charge is 0.416 e. The molecule has 0 bridgehead atoms. The summed E-state index contributed by atoms with van der Waals surface area (Å²) in [5.74, 6) is 0. The third-order valence-electron chi connectivity index (χ3n) is 5.48. The van der Waals surface area contributed by atoms with E-state index in [1.807, 2.05) is 11.0 Å². The number of fused-ring (bicyclic) bond motifs is 1. The average Bonchev–Trinajstić information content (AvgIpc) is 2.99. The molecule has 1 aliphatic heterocycles. The van der Waals surface area contributed by atoms with Crippen LogP contribution in [0.1, 0.15) is 11.1 Å². The van der Waals surface area contributed by atoms with Crippen molar-refractivity contribution in [1.29, 1.82) is 0 Å². The van der Waals surface area contributed by atoms with Crippen molar-refractivity contribution in [3.8, 4) is 0 Å². The number of rotatable bonds is 4. The van der Waals surface area contributed by atoms with E-state index < -0.39 is 11.7 Å². The number of aryl methyl sites for hydroxylation is 1. The van der Waals surface area contributed by atoms with Crippen molar-refractivity contribution in [3.05, 3.63) is 63.3 Å². The van der Waals surface area contributed by atoms with Gasteiger partial charge in [0.05, 0.1) is 15.8 Å². The summed E-state index contributed by atoms with van der Waals surface area (Å²) in [4.78, 5) is 16.2. The van der Waals surface area contributed by atoms with Crippen molar-refractivity contribution in [3.63, 3.8) is 0 Å². The Kier molecular flexibility index (Phi) is 6.79. The smallest absolute Gasteiger partial charge is 0.369 e. The van der Waals surface area contributed by atoms with E-state index in [0.717, 1.165) is 42.3 Å². The quantitative estimate of drug-likeness (QED) is 0.581. The summed E-state index contributed by atoms with van der Waals surface area (Å²) < 4.78 is 41.5. The van der Waals surface area contributed by atoms with Crippen LogP contribution in [0.25, 0.3) is 10.2 Å². The van der Waals surface area contributed by atoms with Gasteiger partial charge in [-0.25, -0.2) is 0 Å². The van der Waals surface area contributed by atoms with E-state index in [4.69, 9.17) is 0 Å². The van der Waals surface area contributed by atoms with Crippen LogP contribution in [0, 0.1) is 0 Å². The Morgan fingerprint density at radius 3 is 2.47 bits per heavy atom. The molecule has 1 saturated heterocycles. The van der Waals surface area contributed by atoms with Gasteiger partial charge in [-0.15, -0.1) is 12.4 Å². The van der Waals surface area contributed by atoms with Crippen LogP contribution in [-0.2, 0) is 19.6 Å². The topological polar surface area (TPSA) is 28.5 Å². The molecule has 4 rings (SSSR count). The second kappa shape index (κ2) is 8.99. The van der Waals surface area contributed by atoms with Crippen molar-refractivity contribution in [2.75, 3.05) is 37.6 Å². The monoisotopic (exact) mass is 457 g/mol. The van der Waals surface area contributed by atoms with Crippen LogP contribution in [0.15, 0.2) is 47.3 Å². The molecule has 1 fully saturated rings. The summed E-state index contributed by atoms with van der Waals surface area (Å²) in [6, 6.07) is 11.7. The van der Waals surface area contributed by atoms with Crippen molar-refractivity contribution in [1.82, 2.24) is 9.47 Å². The van der Waals surface area contributed by atoms with Gasteiger partial charge in [-0.1, -0.05) is 23.5 Å². The lowest BCUT2D eigenvalue weighted by Gasteiger charge is -2.36. The molecule has 3 aromatic rings. The Labute approximate surface area is 182 Å². The van der Waals surface area contributed by atoms with E-state index in [0.29, 0.717) is 18.8 Å². The number of halogens is 4. The predicted molar refractivity (Wildman–Crippen MR) is 118 cm³/mol. The minimum absolute atomic E-state index is 0. The van der Waals surface area contributed by atoms with Gasteiger partial charge in [0.2, 0.25) is 0 Å². The number of alkyl halides is 3. The summed E-state index contributed by atoms with van der Waals surface area (Å²) in [6.45, 7) is 3.94. The molecule has 9 heteroatoms. The van der Waals surface area contributed by atoms with Gasteiger partial charge in [0.25, 0.3) is 0 Å². The van der Waals surface area contributed by atoms with Crippen molar-refractivity contribution < 1.29 is 13.2 Å². The van der Waals surface area contributed by atoms with E-state index in [1.165, 1.54) is 29.0 Å². The number of anilines is 1. The zero-order valence-electron chi connectivity index (χ0n) is 16.5. The maximum absolute atomic E-state index is 12.9. The van der Waals surface area contributed by atoms with E-state index >= 15 is 0 Å². The molecule has 4 nitrogen and oxygen atoms in total. The molecule has 0 N–H and O–H groups in total. The fourth-order valence-corrected chi connectivity index (χ4v) is 4.67. The maximum atomic E-state index is 12.9. The number of hydrogen-bond donors (Lipinski definition) is 0. The Morgan fingerprint density at radius 2 is 1.77 bits per heavy atom. The molecular weight excluding hydrogens is 435 g/mol. The van der Waals surface area contributed by atoms with E-state index in [-0.39, 0.29) is 17.3 Å². The van der Waals surface area contributed by atoms with Gasteiger partial charge in [-0.05, 0) is 42.3 Å². The van der Waals surface area contributed by atoms with Crippen LogP contribution in [0.3, 0.4) is 0 Å². The fraction of sp³-hybridized carbons (Fsp3) is 0.381. The SMILES string of the molecule is Cl.Cn1c(=O)sc2cc(CCN3CCN(c4cccc(C(F)(F)F)c4)CC3)ccc21. The molecule has 0 atom stereocenters. The Bertz CT molecular complexity index is 1070. The molecule has 0 spiro atoms. The standard InChI is InChI=1S/C21H22F3N3OS.ClH/c1-25-18-6-5-15(13-19(18)29-20(25)28)7-8-26-9-11-27(12-10-26)17-4-2-3-16(14-17)21(22,23)24;/h2-6,13-14H,7-12H2,1H3;1H. The summed E-state index contributed by atoms with van der Waals surface area (Å²) in [5.41, 5.74) is 2.18. The normalized spacial score (nSPS) is 15.4. The lowest BCUT2D eigenvalue weighted by molar-refractivity contribution is -0.137. The molecule has 2 heterocycles. The molecule has 0 radical (unpaired) electrons. The average molecular weight is 458 g/mol. The zero-order valence-corrected chi connectivity index (χ0v) is 18.1. The highest BCUT2D eigenvalue weighted by molar-refractivity contribution is 7.16. The van der Waals surface area contributed by atoms with Crippen molar-refractivity contribution >= 4 is 39.6 Å². The predicted octanol–water partition coefficient (Wildman–Crippen LogP) is 4.41.